The number of carbonyl (C=O) groups excluding carboxylic acids is 1. The molecule has 0 aromatic heterocycles. The Kier molecular flexibility index (Phi) is 5.99. The van der Waals surface area contributed by atoms with Gasteiger partial charge in [0, 0.05) is 24.8 Å². The normalized spacial score (nSPS) is 25.3. The molecule has 7 heteroatoms. The fourth-order valence-corrected chi connectivity index (χ4v) is 4.57. The van der Waals surface area contributed by atoms with E-state index in [9.17, 15) is 18.0 Å². The van der Waals surface area contributed by atoms with Crippen molar-refractivity contribution in [1.29, 1.82) is 0 Å². The largest absolute Gasteiger partial charge is 0.404 e. The Labute approximate surface area is 158 Å². The maximum Gasteiger partial charge on any atom is 0.404 e. The number of alkyl halides is 3. The Hall–Kier alpha value is -1.76. The van der Waals surface area contributed by atoms with E-state index < -0.39 is 18.0 Å². The molecule has 150 valence electrons. The van der Waals surface area contributed by atoms with Gasteiger partial charge in [-0.05, 0) is 56.5 Å². The Morgan fingerprint density at radius 3 is 2.30 bits per heavy atom. The van der Waals surface area contributed by atoms with Crippen LogP contribution in [0.1, 0.15) is 50.0 Å². The monoisotopic (exact) mass is 383 g/mol. The smallest absolute Gasteiger partial charge is 0.399 e. The van der Waals surface area contributed by atoms with E-state index >= 15 is 0 Å². The molecule has 1 heterocycles. The van der Waals surface area contributed by atoms with Crippen molar-refractivity contribution in [1.82, 2.24) is 9.80 Å². The molecule has 2 N–H and O–H groups in total. The summed E-state index contributed by atoms with van der Waals surface area (Å²) >= 11 is 0. The van der Waals surface area contributed by atoms with Crippen LogP contribution in [0.25, 0.3) is 0 Å². The van der Waals surface area contributed by atoms with Gasteiger partial charge < -0.3 is 10.6 Å². The van der Waals surface area contributed by atoms with Crippen LogP contribution in [0, 0.1) is 0 Å². The maximum absolute atomic E-state index is 13.8. The zero-order valence-electron chi connectivity index (χ0n) is 15.7. The molecular formula is C20H28F3N3O. The first kappa shape index (κ1) is 20.0. The number of nitrogens with zero attached hydrogens (tertiary/aromatic N) is 2. The van der Waals surface area contributed by atoms with Gasteiger partial charge >= 0.3 is 6.18 Å². The first-order valence-corrected chi connectivity index (χ1v) is 9.72. The average Bonchev–Trinajstić information content (AvgIpc) is 3.16. The molecule has 1 aliphatic carbocycles. The van der Waals surface area contributed by atoms with E-state index in [2.05, 4.69) is 4.90 Å². The quantitative estimate of drug-likeness (QED) is 0.805. The van der Waals surface area contributed by atoms with Crippen LogP contribution in [-0.4, -0.2) is 54.1 Å². The number of rotatable bonds is 4. The Morgan fingerprint density at radius 2 is 1.70 bits per heavy atom. The molecule has 1 saturated heterocycles. The molecule has 27 heavy (non-hydrogen) atoms. The molecule has 3 unspecified atom stereocenters. The maximum atomic E-state index is 13.8. The minimum absolute atomic E-state index is 0.0536. The standard InChI is InChI=1S/C20H28F3N3O/c1-25(16-6-2-3-7-17(16)26-12-4-5-13-26)19(27)18(20(21,22)23)14-8-10-15(24)11-9-14/h8-11,16-18H,2-7,12-13,24H2,1H3. The average molecular weight is 383 g/mol. The summed E-state index contributed by atoms with van der Waals surface area (Å²) in [6, 6.07) is 5.43. The molecule has 1 saturated carbocycles. The predicted octanol–water partition coefficient (Wildman–Crippen LogP) is 3.78. The van der Waals surface area contributed by atoms with Crippen LogP contribution >= 0.6 is 0 Å². The van der Waals surface area contributed by atoms with Gasteiger partial charge in [0.15, 0.2) is 5.92 Å². The van der Waals surface area contributed by atoms with E-state index in [-0.39, 0.29) is 17.6 Å². The number of halogens is 3. The molecule has 3 rings (SSSR count). The van der Waals surface area contributed by atoms with Crippen LogP contribution < -0.4 is 5.73 Å². The van der Waals surface area contributed by atoms with Crippen LogP contribution in [-0.2, 0) is 4.79 Å². The zero-order valence-corrected chi connectivity index (χ0v) is 15.7. The number of nitrogens with two attached hydrogens (primary N) is 1. The van der Waals surface area contributed by atoms with Gasteiger partial charge in [-0.1, -0.05) is 25.0 Å². The van der Waals surface area contributed by atoms with Crippen molar-refractivity contribution >= 4 is 11.6 Å². The van der Waals surface area contributed by atoms with E-state index in [0.717, 1.165) is 51.6 Å². The highest BCUT2D eigenvalue weighted by molar-refractivity contribution is 5.85. The molecule has 2 fully saturated rings. The van der Waals surface area contributed by atoms with Gasteiger partial charge in [0.2, 0.25) is 5.91 Å². The minimum Gasteiger partial charge on any atom is -0.399 e. The van der Waals surface area contributed by atoms with E-state index in [0.29, 0.717) is 5.69 Å². The molecule has 1 aromatic carbocycles. The lowest BCUT2D eigenvalue weighted by molar-refractivity contribution is -0.173. The third-order valence-corrected chi connectivity index (χ3v) is 5.99. The van der Waals surface area contributed by atoms with E-state index in [1.165, 1.54) is 36.2 Å². The molecule has 0 radical (unpaired) electrons. The molecule has 1 aromatic rings. The zero-order chi connectivity index (χ0) is 19.6. The van der Waals surface area contributed by atoms with Crippen LogP contribution in [0.5, 0.6) is 0 Å². The van der Waals surface area contributed by atoms with Crippen molar-refractivity contribution in [2.45, 2.75) is 62.7 Å². The first-order chi connectivity index (χ1) is 12.8. The van der Waals surface area contributed by atoms with Crippen molar-refractivity contribution in [3.8, 4) is 0 Å². The van der Waals surface area contributed by atoms with E-state index in [1.54, 1.807) is 0 Å². The molecule has 2 aliphatic rings. The lowest BCUT2D eigenvalue weighted by atomic mass is 9.87. The van der Waals surface area contributed by atoms with Crippen molar-refractivity contribution < 1.29 is 18.0 Å². The lowest BCUT2D eigenvalue weighted by Gasteiger charge is -2.43. The summed E-state index contributed by atoms with van der Waals surface area (Å²) in [6.45, 7) is 1.95. The number of likely N-dealkylation sites (N-methyl/N-ethyl adjacent to an activating group) is 1. The van der Waals surface area contributed by atoms with Crippen molar-refractivity contribution in [2.75, 3.05) is 25.9 Å². The Balaban J connectivity index is 1.84. The Morgan fingerprint density at radius 1 is 1.11 bits per heavy atom. The summed E-state index contributed by atoms with van der Waals surface area (Å²) in [5.74, 6) is -3.02. The van der Waals surface area contributed by atoms with Gasteiger partial charge in [0.05, 0.1) is 0 Å². The topological polar surface area (TPSA) is 49.6 Å². The summed E-state index contributed by atoms with van der Waals surface area (Å²) in [6.07, 6.45) is 1.33. The lowest BCUT2D eigenvalue weighted by Crippen LogP contribution is -2.55. The number of amides is 1. The third kappa shape index (κ3) is 4.39. The SMILES string of the molecule is CN(C(=O)C(c1ccc(N)cc1)C(F)(F)F)C1CCCCC1N1CCCC1. The first-order valence-electron chi connectivity index (χ1n) is 9.72. The van der Waals surface area contributed by atoms with Gasteiger partial charge in [0.25, 0.3) is 0 Å². The number of hydrogen-bond donors (Lipinski definition) is 1. The highest BCUT2D eigenvalue weighted by Gasteiger charge is 2.49. The molecule has 4 nitrogen and oxygen atoms in total. The summed E-state index contributed by atoms with van der Waals surface area (Å²) < 4.78 is 41.4. The summed E-state index contributed by atoms with van der Waals surface area (Å²) in [4.78, 5) is 16.7. The van der Waals surface area contributed by atoms with Gasteiger partial charge in [-0.15, -0.1) is 0 Å². The van der Waals surface area contributed by atoms with E-state index in [1.807, 2.05) is 0 Å². The van der Waals surface area contributed by atoms with Crippen molar-refractivity contribution in [3.63, 3.8) is 0 Å². The van der Waals surface area contributed by atoms with Crippen LogP contribution in [0.15, 0.2) is 24.3 Å². The Bertz CT molecular complexity index is 641. The molecule has 1 aliphatic heterocycles. The number of carbonyl (C=O) groups is 1. The third-order valence-electron chi connectivity index (χ3n) is 5.99. The van der Waals surface area contributed by atoms with Crippen molar-refractivity contribution in [2.24, 2.45) is 0 Å². The summed E-state index contributed by atoms with van der Waals surface area (Å²) in [7, 11) is 1.54. The van der Waals surface area contributed by atoms with Crippen molar-refractivity contribution in [3.05, 3.63) is 29.8 Å². The second-order valence-electron chi connectivity index (χ2n) is 7.75. The van der Waals surface area contributed by atoms with Crippen LogP contribution in [0.4, 0.5) is 18.9 Å². The fraction of sp³-hybridized carbons (Fsp3) is 0.650. The molecular weight excluding hydrogens is 355 g/mol. The van der Waals surface area contributed by atoms with E-state index in [4.69, 9.17) is 5.73 Å². The van der Waals surface area contributed by atoms with Crippen LogP contribution in [0.2, 0.25) is 0 Å². The minimum atomic E-state index is -4.64. The second kappa shape index (κ2) is 8.09. The van der Waals surface area contributed by atoms with Gasteiger partial charge in [-0.25, -0.2) is 0 Å². The summed E-state index contributed by atoms with van der Waals surface area (Å²) in [5.41, 5.74) is 5.92. The van der Waals surface area contributed by atoms with Gasteiger partial charge in [-0.2, -0.15) is 13.2 Å². The molecule has 0 bridgehead atoms. The number of anilines is 1. The summed E-state index contributed by atoms with van der Waals surface area (Å²) in [5, 5.41) is 0. The fourth-order valence-electron chi connectivity index (χ4n) is 4.57. The highest BCUT2D eigenvalue weighted by atomic mass is 19.4. The van der Waals surface area contributed by atoms with Gasteiger partial charge in [0.1, 0.15) is 0 Å². The van der Waals surface area contributed by atoms with Gasteiger partial charge in [-0.3, -0.25) is 9.69 Å². The highest BCUT2D eigenvalue weighted by Crippen LogP contribution is 2.38. The van der Waals surface area contributed by atoms with Crippen LogP contribution in [0.3, 0.4) is 0 Å². The number of likely N-dealkylation sites (tertiary alicyclic amines) is 1. The number of nitrogen functional groups attached to an aromatic ring is 1. The molecule has 1 amide bonds. The number of hydrogen-bond acceptors (Lipinski definition) is 3. The second-order valence-corrected chi connectivity index (χ2v) is 7.75. The molecule has 3 atom stereocenters. The predicted molar refractivity (Wildman–Crippen MR) is 99.3 cm³/mol. The molecule has 0 spiro atoms. The number of benzene rings is 1.